The van der Waals surface area contributed by atoms with Gasteiger partial charge in [0.05, 0.1) is 5.75 Å². The highest BCUT2D eigenvalue weighted by atomic mass is 32.2. The van der Waals surface area contributed by atoms with E-state index in [2.05, 4.69) is 5.32 Å². The normalized spacial score (nSPS) is 13.7. The molecule has 0 heterocycles. The molecule has 2 N–H and O–H groups in total. The Morgan fingerprint density at radius 1 is 1.40 bits per heavy atom. The zero-order chi connectivity index (χ0) is 11.9. The number of unbranched alkanes of at least 4 members (excludes halogenated alkanes) is 1. The molecular formula is C9H19NO4S. The second-order valence-electron chi connectivity index (χ2n) is 3.80. The van der Waals surface area contributed by atoms with Crippen LogP contribution in [0.3, 0.4) is 0 Å². The summed E-state index contributed by atoms with van der Waals surface area (Å²) in [5, 5.41) is 11.4. The van der Waals surface area contributed by atoms with E-state index >= 15 is 0 Å². The first-order valence-electron chi connectivity index (χ1n) is 4.94. The number of hydrogen-bond acceptors (Lipinski definition) is 4. The summed E-state index contributed by atoms with van der Waals surface area (Å²) in [4.78, 5) is 10.2. The molecule has 1 unspecified atom stereocenters. The third-order valence-electron chi connectivity index (χ3n) is 1.86. The SMILES string of the molecule is CC(CS(C)(=O)=O)NCCCCC(=O)O. The molecule has 1 atom stereocenters. The highest BCUT2D eigenvalue weighted by molar-refractivity contribution is 7.90. The fraction of sp³-hybridized carbons (Fsp3) is 0.889. The molecule has 0 bridgehead atoms. The molecule has 0 saturated heterocycles. The number of hydrogen-bond donors (Lipinski definition) is 2. The fourth-order valence-corrected chi connectivity index (χ4v) is 2.29. The second kappa shape index (κ2) is 6.79. The molecule has 0 aromatic heterocycles. The van der Waals surface area contributed by atoms with Crippen LogP contribution in [0.25, 0.3) is 0 Å². The smallest absolute Gasteiger partial charge is 0.303 e. The summed E-state index contributed by atoms with van der Waals surface area (Å²) in [6, 6.07) is -0.0789. The first-order valence-corrected chi connectivity index (χ1v) is 7.00. The Hall–Kier alpha value is -0.620. The maximum Gasteiger partial charge on any atom is 0.303 e. The van der Waals surface area contributed by atoms with E-state index in [-0.39, 0.29) is 18.2 Å². The Labute approximate surface area is 90.8 Å². The fourth-order valence-electron chi connectivity index (χ4n) is 1.26. The predicted molar refractivity (Wildman–Crippen MR) is 58.7 cm³/mol. The molecule has 0 saturated carbocycles. The lowest BCUT2D eigenvalue weighted by Crippen LogP contribution is -2.33. The van der Waals surface area contributed by atoms with E-state index in [1.807, 2.05) is 0 Å². The molecule has 0 spiro atoms. The predicted octanol–water partition coefficient (Wildman–Crippen LogP) is 0.264. The van der Waals surface area contributed by atoms with Gasteiger partial charge in [-0.3, -0.25) is 4.79 Å². The van der Waals surface area contributed by atoms with Crippen molar-refractivity contribution in [2.24, 2.45) is 0 Å². The van der Waals surface area contributed by atoms with Crippen molar-refractivity contribution in [2.45, 2.75) is 32.2 Å². The Bertz CT molecular complexity index is 286. The highest BCUT2D eigenvalue weighted by Gasteiger charge is 2.09. The molecule has 5 nitrogen and oxygen atoms in total. The molecule has 0 aliphatic rings. The van der Waals surface area contributed by atoms with Gasteiger partial charge in [-0.1, -0.05) is 0 Å². The van der Waals surface area contributed by atoms with Crippen LogP contribution >= 0.6 is 0 Å². The Kier molecular flexibility index (Phi) is 6.51. The molecule has 0 fully saturated rings. The molecule has 0 rings (SSSR count). The topological polar surface area (TPSA) is 83.5 Å². The summed E-state index contributed by atoms with van der Waals surface area (Å²) in [6.45, 7) is 2.46. The Morgan fingerprint density at radius 3 is 2.47 bits per heavy atom. The molecule has 0 aromatic rings. The van der Waals surface area contributed by atoms with Crippen LogP contribution in [-0.2, 0) is 14.6 Å². The Morgan fingerprint density at radius 2 is 2.00 bits per heavy atom. The van der Waals surface area contributed by atoms with Crippen molar-refractivity contribution < 1.29 is 18.3 Å². The Balaban J connectivity index is 3.47. The first-order chi connectivity index (χ1) is 6.81. The van der Waals surface area contributed by atoms with E-state index in [0.717, 1.165) is 6.42 Å². The van der Waals surface area contributed by atoms with E-state index in [4.69, 9.17) is 5.11 Å². The summed E-state index contributed by atoms with van der Waals surface area (Å²) in [7, 11) is -2.94. The van der Waals surface area contributed by atoms with Gasteiger partial charge >= 0.3 is 5.97 Å². The maximum atomic E-state index is 10.9. The van der Waals surface area contributed by atoms with Gasteiger partial charge in [-0.15, -0.1) is 0 Å². The van der Waals surface area contributed by atoms with Crippen molar-refractivity contribution in [3.8, 4) is 0 Å². The lowest BCUT2D eigenvalue weighted by Gasteiger charge is -2.11. The third kappa shape index (κ3) is 11.3. The third-order valence-corrected chi connectivity index (χ3v) is 2.97. The van der Waals surface area contributed by atoms with Crippen LogP contribution in [0.1, 0.15) is 26.2 Å². The van der Waals surface area contributed by atoms with E-state index in [9.17, 15) is 13.2 Å². The monoisotopic (exact) mass is 237 g/mol. The lowest BCUT2D eigenvalue weighted by molar-refractivity contribution is -0.137. The number of carboxylic acid groups (broad SMARTS) is 1. The lowest BCUT2D eigenvalue weighted by atomic mass is 10.2. The molecule has 0 aliphatic carbocycles. The van der Waals surface area contributed by atoms with Crippen LogP contribution in [0.2, 0.25) is 0 Å². The number of sulfone groups is 1. The van der Waals surface area contributed by atoms with Crippen LogP contribution < -0.4 is 5.32 Å². The molecule has 15 heavy (non-hydrogen) atoms. The summed E-state index contributed by atoms with van der Waals surface area (Å²) in [5.41, 5.74) is 0. The van der Waals surface area contributed by atoms with E-state index < -0.39 is 15.8 Å². The van der Waals surface area contributed by atoms with Gasteiger partial charge in [0.2, 0.25) is 0 Å². The van der Waals surface area contributed by atoms with Gasteiger partial charge in [-0.2, -0.15) is 0 Å². The summed E-state index contributed by atoms with van der Waals surface area (Å²) in [5.74, 6) is -0.675. The zero-order valence-electron chi connectivity index (χ0n) is 9.19. The minimum Gasteiger partial charge on any atom is -0.481 e. The van der Waals surface area contributed by atoms with E-state index in [1.165, 1.54) is 6.26 Å². The van der Waals surface area contributed by atoms with Crippen molar-refractivity contribution in [1.29, 1.82) is 0 Å². The molecule has 90 valence electrons. The van der Waals surface area contributed by atoms with Gasteiger partial charge < -0.3 is 10.4 Å². The zero-order valence-corrected chi connectivity index (χ0v) is 10.0. The average molecular weight is 237 g/mol. The largest absolute Gasteiger partial charge is 0.481 e. The van der Waals surface area contributed by atoms with Crippen molar-refractivity contribution in [1.82, 2.24) is 5.32 Å². The second-order valence-corrected chi connectivity index (χ2v) is 5.98. The maximum absolute atomic E-state index is 10.9. The number of carboxylic acids is 1. The van der Waals surface area contributed by atoms with Crippen LogP contribution in [0.5, 0.6) is 0 Å². The van der Waals surface area contributed by atoms with Crippen LogP contribution in [0.15, 0.2) is 0 Å². The van der Waals surface area contributed by atoms with Gasteiger partial charge in [-0.25, -0.2) is 8.42 Å². The number of aliphatic carboxylic acids is 1. The molecule has 6 heteroatoms. The summed E-state index contributed by atoms with van der Waals surface area (Å²) >= 11 is 0. The quantitative estimate of drug-likeness (QED) is 0.592. The highest BCUT2D eigenvalue weighted by Crippen LogP contribution is 1.95. The molecule has 0 radical (unpaired) electrons. The van der Waals surface area contributed by atoms with Gasteiger partial charge in [0, 0.05) is 18.7 Å². The van der Waals surface area contributed by atoms with Gasteiger partial charge in [-0.05, 0) is 26.3 Å². The van der Waals surface area contributed by atoms with Crippen LogP contribution in [0.4, 0.5) is 0 Å². The first kappa shape index (κ1) is 14.4. The van der Waals surface area contributed by atoms with Crippen LogP contribution in [-0.4, -0.2) is 44.1 Å². The summed E-state index contributed by atoms with van der Waals surface area (Å²) < 4.78 is 21.8. The number of nitrogens with one attached hydrogen (secondary N) is 1. The number of carbonyl (C=O) groups is 1. The minimum atomic E-state index is -2.94. The summed E-state index contributed by atoms with van der Waals surface area (Å²) in [6.07, 6.45) is 2.74. The van der Waals surface area contributed by atoms with Crippen LogP contribution in [0, 0.1) is 0 Å². The van der Waals surface area contributed by atoms with E-state index in [1.54, 1.807) is 6.92 Å². The molecule has 0 aromatic carbocycles. The van der Waals surface area contributed by atoms with Gasteiger partial charge in [0.25, 0.3) is 0 Å². The van der Waals surface area contributed by atoms with Crippen molar-refractivity contribution in [2.75, 3.05) is 18.6 Å². The minimum absolute atomic E-state index is 0.0789. The standard InChI is InChI=1S/C9H19NO4S/c1-8(7-15(2,13)14)10-6-4-3-5-9(11)12/h8,10H,3-7H2,1-2H3,(H,11,12). The average Bonchev–Trinajstić information content (AvgIpc) is 1.99. The molecule has 0 amide bonds. The van der Waals surface area contributed by atoms with Gasteiger partial charge in [0.15, 0.2) is 0 Å². The molecule has 0 aliphatic heterocycles. The van der Waals surface area contributed by atoms with Crippen molar-refractivity contribution in [3.63, 3.8) is 0 Å². The number of rotatable bonds is 8. The van der Waals surface area contributed by atoms with Crippen molar-refractivity contribution in [3.05, 3.63) is 0 Å². The molecular weight excluding hydrogens is 218 g/mol. The van der Waals surface area contributed by atoms with Crippen molar-refractivity contribution >= 4 is 15.8 Å². The van der Waals surface area contributed by atoms with Gasteiger partial charge in [0.1, 0.15) is 9.84 Å². The van der Waals surface area contributed by atoms with E-state index in [0.29, 0.717) is 13.0 Å².